The van der Waals surface area contributed by atoms with Gasteiger partial charge in [-0.25, -0.2) is 0 Å². The predicted octanol–water partition coefficient (Wildman–Crippen LogP) is 4.69. The van der Waals surface area contributed by atoms with Crippen molar-refractivity contribution in [1.29, 1.82) is 0 Å². The van der Waals surface area contributed by atoms with Gasteiger partial charge in [-0.15, -0.1) is 0 Å². The molecular formula is C16H15N2O6P. The summed E-state index contributed by atoms with van der Waals surface area (Å²) in [5.74, 6) is 1.55. The van der Waals surface area contributed by atoms with E-state index in [9.17, 15) is 20.2 Å². The molecule has 2 aromatic carbocycles. The highest BCUT2D eigenvalue weighted by molar-refractivity contribution is 7.50. The van der Waals surface area contributed by atoms with Crippen molar-refractivity contribution >= 4 is 19.8 Å². The lowest BCUT2D eigenvalue weighted by Gasteiger charge is -2.13. The first-order valence-corrected chi connectivity index (χ1v) is 8.38. The quantitative estimate of drug-likeness (QED) is 0.364. The molecule has 0 amide bonds. The molecule has 2 rings (SSSR count). The molecule has 25 heavy (non-hydrogen) atoms. The molecule has 0 aromatic heterocycles. The van der Waals surface area contributed by atoms with E-state index in [0.29, 0.717) is 0 Å². The number of benzene rings is 2. The highest BCUT2D eigenvalue weighted by atomic mass is 31.2. The molecule has 0 saturated carbocycles. The molecule has 8 nitrogen and oxygen atoms in total. The SMILES string of the molecule is C=CP(OCc1ccc([N+](=O)[O-])cc1)OCc1ccc([N+](=O)[O-])cc1. The second-order valence-electron chi connectivity index (χ2n) is 4.86. The average Bonchev–Trinajstić information content (AvgIpc) is 2.62. The summed E-state index contributed by atoms with van der Waals surface area (Å²) in [6, 6.07) is 12.1. The summed E-state index contributed by atoms with van der Waals surface area (Å²) < 4.78 is 11.2. The number of hydrogen-bond donors (Lipinski definition) is 0. The first kappa shape index (κ1) is 18.7. The molecule has 0 spiro atoms. The number of nitro benzene ring substituents is 2. The van der Waals surface area contributed by atoms with Gasteiger partial charge in [0.05, 0.1) is 23.1 Å². The van der Waals surface area contributed by atoms with Gasteiger partial charge in [0.15, 0.2) is 8.38 Å². The minimum Gasteiger partial charge on any atom is -0.326 e. The molecule has 0 aliphatic heterocycles. The highest BCUT2D eigenvalue weighted by Gasteiger charge is 2.10. The van der Waals surface area contributed by atoms with E-state index in [-0.39, 0.29) is 24.6 Å². The minimum absolute atomic E-state index is 0.0177. The van der Waals surface area contributed by atoms with Gasteiger partial charge in [-0.3, -0.25) is 20.2 Å². The van der Waals surface area contributed by atoms with Crippen molar-refractivity contribution in [1.82, 2.24) is 0 Å². The standard InChI is InChI=1S/C16H15N2O6P/c1-2-25(23-11-13-3-7-15(8-4-13)17(19)20)24-12-14-5-9-16(10-6-14)18(21)22/h2-10H,1,11-12H2. The van der Waals surface area contributed by atoms with Crippen LogP contribution in [0.5, 0.6) is 0 Å². The van der Waals surface area contributed by atoms with Crippen molar-refractivity contribution < 1.29 is 18.9 Å². The van der Waals surface area contributed by atoms with E-state index < -0.39 is 18.2 Å². The largest absolute Gasteiger partial charge is 0.326 e. The molecule has 9 heteroatoms. The summed E-state index contributed by atoms with van der Waals surface area (Å²) >= 11 is 0. The molecule has 0 heterocycles. The minimum atomic E-state index is -1.35. The Balaban J connectivity index is 1.84. The summed E-state index contributed by atoms with van der Waals surface area (Å²) in [6.07, 6.45) is 0. The monoisotopic (exact) mass is 362 g/mol. The molecule has 0 unspecified atom stereocenters. The highest BCUT2D eigenvalue weighted by Crippen LogP contribution is 2.41. The van der Waals surface area contributed by atoms with Crippen LogP contribution in [0, 0.1) is 20.2 Å². The third-order valence-electron chi connectivity index (χ3n) is 3.16. The fraction of sp³-hybridized carbons (Fsp3) is 0.125. The Morgan fingerprint density at radius 1 is 0.840 bits per heavy atom. The molecule has 0 aliphatic rings. The van der Waals surface area contributed by atoms with Gasteiger partial charge in [0.1, 0.15) is 0 Å². The summed E-state index contributed by atoms with van der Waals surface area (Å²) in [5.41, 5.74) is 1.59. The summed E-state index contributed by atoms with van der Waals surface area (Å²) in [6.45, 7) is 4.12. The topological polar surface area (TPSA) is 105 Å². The van der Waals surface area contributed by atoms with Crippen molar-refractivity contribution in [3.63, 3.8) is 0 Å². The van der Waals surface area contributed by atoms with E-state index in [1.54, 1.807) is 30.1 Å². The molecule has 2 aromatic rings. The van der Waals surface area contributed by atoms with Crippen LogP contribution in [0.15, 0.2) is 60.9 Å². The maximum absolute atomic E-state index is 10.6. The Bertz CT molecular complexity index is 687. The zero-order valence-electron chi connectivity index (χ0n) is 13.1. The lowest BCUT2D eigenvalue weighted by atomic mass is 10.2. The molecule has 0 radical (unpaired) electrons. The molecule has 0 aliphatic carbocycles. The van der Waals surface area contributed by atoms with Crippen LogP contribution < -0.4 is 0 Å². The van der Waals surface area contributed by atoms with Crippen molar-refractivity contribution in [2.24, 2.45) is 0 Å². The normalized spacial score (nSPS) is 10.6. The second-order valence-corrected chi connectivity index (χ2v) is 6.31. The average molecular weight is 362 g/mol. The first-order chi connectivity index (χ1) is 12.0. The van der Waals surface area contributed by atoms with E-state index in [1.165, 1.54) is 24.3 Å². The number of non-ortho nitro benzene ring substituents is 2. The lowest BCUT2D eigenvalue weighted by Crippen LogP contribution is -1.94. The van der Waals surface area contributed by atoms with E-state index in [0.717, 1.165) is 11.1 Å². The maximum atomic E-state index is 10.6. The Labute approximate surface area is 144 Å². The van der Waals surface area contributed by atoms with E-state index in [1.807, 2.05) is 0 Å². The molecule has 0 atom stereocenters. The van der Waals surface area contributed by atoms with Crippen LogP contribution in [0.4, 0.5) is 11.4 Å². The van der Waals surface area contributed by atoms with Gasteiger partial charge < -0.3 is 9.05 Å². The summed E-state index contributed by atoms with van der Waals surface area (Å²) in [5, 5.41) is 21.2. The second kappa shape index (κ2) is 8.98. The van der Waals surface area contributed by atoms with Crippen LogP contribution in [-0.2, 0) is 22.3 Å². The van der Waals surface area contributed by atoms with Crippen molar-refractivity contribution in [2.75, 3.05) is 0 Å². The summed E-state index contributed by atoms with van der Waals surface area (Å²) in [7, 11) is -1.35. The van der Waals surface area contributed by atoms with Gasteiger partial charge >= 0.3 is 0 Å². The van der Waals surface area contributed by atoms with Crippen molar-refractivity contribution in [2.45, 2.75) is 13.2 Å². The molecule has 0 fully saturated rings. The Morgan fingerprint density at radius 3 is 1.48 bits per heavy atom. The van der Waals surface area contributed by atoms with Crippen LogP contribution in [0.25, 0.3) is 0 Å². The van der Waals surface area contributed by atoms with Crippen LogP contribution in [0.2, 0.25) is 0 Å². The van der Waals surface area contributed by atoms with Gasteiger partial charge in [-0.05, 0) is 41.2 Å². The van der Waals surface area contributed by atoms with Gasteiger partial charge in [0.2, 0.25) is 0 Å². The zero-order chi connectivity index (χ0) is 18.2. The molecule has 130 valence electrons. The Hall–Kier alpha value is -2.67. The van der Waals surface area contributed by atoms with Gasteiger partial charge in [-0.2, -0.15) is 0 Å². The summed E-state index contributed by atoms with van der Waals surface area (Å²) in [4.78, 5) is 20.3. The molecule has 0 N–H and O–H groups in total. The van der Waals surface area contributed by atoms with E-state index >= 15 is 0 Å². The van der Waals surface area contributed by atoms with Gasteiger partial charge in [-0.1, -0.05) is 6.58 Å². The van der Waals surface area contributed by atoms with E-state index in [2.05, 4.69) is 6.58 Å². The molecule has 0 bridgehead atoms. The number of nitro groups is 2. The predicted molar refractivity (Wildman–Crippen MR) is 92.9 cm³/mol. The third kappa shape index (κ3) is 5.72. The third-order valence-corrected chi connectivity index (χ3v) is 4.23. The fourth-order valence-electron chi connectivity index (χ4n) is 1.85. The van der Waals surface area contributed by atoms with Crippen LogP contribution in [0.3, 0.4) is 0 Å². The number of nitrogens with zero attached hydrogens (tertiary/aromatic N) is 2. The van der Waals surface area contributed by atoms with Crippen molar-refractivity contribution in [3.8, 4) is 0 Å². The fourth-order valence-corrected chi connectivity index (χ4v) is 2.68. The van der Waals surface area contributed by atoms with Gasteiger partial charge in [0.25, 0.3) is 11.4 Å². The number of rotatable bonds is 9. The molecule has 0 saturated heterocycles. The first-order valence-electron chi connectivity index (χ1n) is 7.14. The van der Waals surface area contributed by atoms with Crippen LogP contribution in [0.1, 0.15) is 11.1 Å². The lowest BCUT2D eigenvalue weighted by molar-refractivity contribution is -0.385. The van der Waals surface area contributed by atoms with E-state index in [4.69, 9.17) is 9.05 Å². The van der Waals surface area contributed by atoms with Crippen LogP contribution >= 0.6 is 8.38 Å². The van der Waals surface area contributed by atoms with Crippen molar-refractivity contribution in [3.05, 3.63) is 92.3 Å². The Morgan fingerprint density at radius 2 is 1.20 bits per heavy atom. The maximum Gasteiger partial charge on any atom is 0.269 e. The Kier molecular flexibility index (Phi) is 6.71. The van der Waals surface area contributed by atoms with Gasteiger partial charge in [0, 0.05) is 24.3 Å². The smallest absolute Gasteiger partial charge is 0.269 e. The molecular weight excluding hydrogens is 347 g/mol. The zero-order valence-corrected chi connectivity index (χ0v) is 14.0. The number of hydrogen-bond acceptors (Lipinski definition) is 6. The van der Waals surface area contributed by atoms with Crippen LogP contribution in [-0.4, -0.2) is 9.85 Å².